The molecular weight excluding hydrogens is 322 g/mol. The van der Waals surface area contributed by atoms with Crippen molar-refractivity contribution >= 4 is 5.91 Å². The van der Waals surface area contributed by atoms with Crippen LogP contribution in [0.2, 0.25) is 0 Å². The minimum absolute atomic E-state index is 0.146. The van der Waals surface area contributed by atoms with Gasteiger partial charge in [-0.05, 0) is 89.9 Å². The third kappa shape index (κ3) is 4.81. The first-order valence-corrected chi connectivity index (χ1v) is 11.1. The second-order valence-corrected chi connectivity index (χ2v) is 9.85. The van der Waals surface area contributed by atoms with Crippen LogP contribution in [0.15, 0.2) is 0 Å². The molecule has 0 radical (unpaired) electrons. The second-order valence-electron chi connectivity index (χ2n) is 9.85. The minimum atomic E-state index is 0.146. The first-order chi connectivity index (χ1) is 12.4. The van der Waals surface area contributed by atoms with Crippen LogP contribution in [0.3, 0.4) is 0 Å². The maximum absolute atomic E-state index is 12.2. The summed E-state index contributed by atoms with van der Waals surface area (Å²) in [6.45, 7) is 17.1. The topological polar surface area (TPSA) is 26.8 Å². The van der Waals surface area contributed by atoms with Gasteiger partial charge in [0.1, 0.15) is 0 Å². The number of hydrogen-bond acceptors (Lipinski definition) is 3. The van der Waals surface area contributed by atoms with E-state index in [0.717, 1.165) is 19.0 Å². The Labute approximate surface area is 161 Å². The van der Waals surface area contributed by atoms with Gasteiger partial charge in [0.25, 0.3) is 0 Å². The fourth-order valence-electron chi connectivity index (χ4n) is 5.29. The van der Waals surface area contributed by atoms with Crippen molar-refractivity contribution in [3.05, 3.63) is 0 Å². The molecule has 4 heteroatoms. The van der Waals surface area contributed by atoms with Crippen molar-refractivity contribution in [2.24, 2.45) is 17.3 Å². The summed E-state index contributed by atoms with van der Waals surface area (Å²) >= 11 is 0. The van der Waals surface area contributed by atoms with Gasteiger partial charge < -0.3 is 14.7 Å². The molecule has 3 aliphatic rings. The average molecular weight is 364 g/mol. The summed E-state index contributed by atoms with van der Waals surface area (Å²) < 4.78 is 0. The highest BCUT2D eigenvalue weighted by molar-refractivity contribution is 5.78. The van der Waals surface area contributed by atoms with Crippen molar-refractivity contribution in [2.45, 2.75) is 72.3 Å². The Morgan fingerprint density at radius 1 is 0.885 bits per heavy atom. The van der Waals surface area contributed by atoms with E-state index in [4.69, 9.17) is 0 Å². The monoisotopic (exact) mass is 363 g/mol. The summed E-state index contributed by atoms with van der Waals surface area (Å²) in [5.74, 6) is 1.41. The lowest BCUT2D eigenvalue weighted by Gasteiger charge is -2.48. The highest BCUT2D eigenvalue weighted by Gasteiger charge is 2.39. The number of hydrogen-bond donors (Lipinski definition) is 0. The zero-order chi connectivity index (χ0) is 18.7. The third-order valence-electron chi connectivity index (χ3n) is 7.44. The molecule has 0 aromatic heterocycles. The molecule has 0 bridgehead atoms. The fourth-order valence-corrected chi connectivity index (χ4v) is 5.29. The molecular formula is C22H41N3O. The van der Waals surface area contributed by atoms with Crippen molar-refractivity contribution in [3.8, 4) is 0 Å². The Morgan fingerprint density at radius 2 is 1.42 bits per heavy atom. The van der Waals surface area contributed by atoms with Gasteiger partial charge in [0.2, 0.25) is 5.91 Å². The number of rotatable bonds is 4. The fraction of sp³-hybridized carbons (Fsp3) is 0.955. The van der Waals surface area contributed by atoms with Crippen molar-refractivity contribution in [3.63, 3.8) is 0 Å². The van der Waals surface area contributed by atoms with Gasteiger partial charge in [-0.2, -0.15) is 0 Å². The predicted molar refractivity (Wildman–Crippen MR) is 108 cm³/mol. The van der Waals surface area contributed by atoms with Crippen LogP contribution >= 0.6 is 0 Å². The lowest BCUT2D eigenvalue weighted by molar-refractivity contribution is -0.137. The minimum Gasteiger partial charge on any atom is -0.342 e. The molecule has 150 valence electrons. The molecule has 0 aromatic rings. The molecule has 26 heavy (non-hydrogen) atoms. The summed E-state index contributed by atoms with van der Waals surface area (Å²) in [6.07, 6.45) is 7.92. The van der Waals surface area contributed by atoms with Gasteiger partial charge in [-0.3, -0.25) is 4.79 Å². The summed E-state index contributed by atoms with van der Waals surface area (Å²) in [6, 6.07) is 0.708. The Hall–Kier alpha value is -0.610. The van der Waals surface area contributed by atoms with Crippen LogP contribution in [0.5, 0.6) is 0 Å². The number of amides is 1. The van der Waals surface area contributed by atoms with Gasteiger partial charge in [0.05, 0.1) is 0 Å². The zero-order valence-electron chi connectivity index (χ0n) is 17.7. The highest BCUT2D eigenvalue weighted by atomic mass is 16.2. The molecule has 4 nitrogen and oxygen atoms in total. The van der Waals surface area contributed by atoms with Gasteiger partial charge >= 0.3 is 0 Å². The molecule has 3 fully saturated rings. The maximum Gasteiger partial charge on any atom is 0.225 e. The van der Waals surface area contributed by atoms with Crippen molar-refractivity contribution in [1.82, 2.24) is 14.7 Å². The van der Waals surface area contributed by atoms with Gasteiger partial charge in [-0.1, -0.05) is 13.8 Å². The van der Waals surface area contributed by atoms with Crippen LogP contribution in [0, 0.1) is 17.3 Å². The molecule has 0 atom stereocenters. The first-order valence-electron chi connectivity index (χ1n) is 11.1. The van der Waals surface area contributed by atoms with Crippen LogP contribution in [0.4, 0.5) is 0 Å². The van der Waals surface area contributed by atoms with Crippen LogP contribution in [-0.4, -0.2) is 72.5 Å². The molecule has 0 unspecified atom stereocenters. The molecule has 0 saturated carbocycles. The second kappa shape index (κ2) is 8.60. The highest BCUT2D eigenvalue weighted by Crippen LogP contribution is 2.41. The molecule has 1 spiro atoms. The Morgan fingerprint density at radius 3 is 1.92 bits per heavy atom. The summed E-state index contributed by atoms with van der Waals surface area (Å²) in [7, 11) is 0. The molecule has 3 saturated heterocycles. The normalized spacial score (nSPS) is 26.2. The van der Waals surface area contributed by atoms with E-state index in [2.05, 4.69) is 28.5 Å². The van der Waals surface area contributed by atoms with E-state index in [1.165, 1.54) is 71.2 Å². The Bertz CT molecular complexity index is 450. The molecule has 0 N–H and O–H groups in total. The van der Waals surface area contributed by atoms with Gasteiger partial charge in [-0.25, -0.2) is 0 Å². The smallest absolute Gasteiger partial charge is 0.225 e. The van der Waals surface area contributed by atoms with E-state index in [1.54, 1.807) is 0 Å². The lowest BCUT2D eigenvalue weighted by Crippen LogP contribution is -2.50. The van der Waals surface area contributed by atoms with E-state index in [-0.39, 0.29) is 5.92 Å². The summed E-state index contributed by atoms with van der Waals surface area (Å²) in [5, 5.41) is 0. The van der Waals surface area contributed by atoms with Crippen LogP contribution in [0.25, 0.3) is 0 Å². The van der Waals surface area contributed by atoms with E-state index >= 15 is 0 Å². The molecule has 3 rings (SSSR count). The first kappa shape index (κ1) is 20.1. The summed E-state index contributed by atoms with van der Waals surface area (Å²) in [4.78, 5) is 19.7. The van der Waals surface area contributed by atoms with E-state index in [0.29, 0.717) is 17.4 Å². The number of piperidine rings is 3. The Balaban J connectivity index is 1.39. The van der Waals surface area contributed by atoms with Crippen LogP contribution in [-0.2, 0) is 4.79 Å². The summed E-state index contributed by atoms with van der Waals surface area (Å²) in [5.41, 5.74) is 0.533. The average Bonchev–Trinajstić information content (AvgIpc) is 2.64. The van der Waals surface area contributed by atoms with E-state index in [9.17, 15) is 4.79 Å². The molecule has 1 amide bonds. The molecule has 3 heterocycles. The number of carbonyl (C=O) groups excluding carboxylic acids is 1. The van der Waals surface area contributed by atoms with Crippen molar-refractivity contribution in [1.29, 1.82) is 0 Å². The number of nitrogens with zero attached hydrogens (tertiary/aromatic N) is 3. The van der Waals surface area contributed by atoms with E-state index < -0.39 is 0 Å². The van der Waals surface area contributed by atoms with Gasteiger partial charge in [0.15, 0.2) is 0 Å². The Kier molecular flexibility index (Phi) is 6.66. The lowest BCUT2D eigenvalue weighted by atomic mass is 9.71. The van der Waals surface area contributed by atoms with Crippen LogP contribution < -0.4 is 0 Å². The largest absolute Gasteiger partial charge is 0.342 e. The SMILES string of the molecule is CC(C)C(=O)N1CCC2(CCN(CC3CCN(C(C)C)CC3)CC2)CC1. The maximum atomic E-state index is 12.2. The third-order valence-corrected chi connectivity index (χ3v) is 7.44. The standard InChI is InChI=1S/C22H41N3O/c1-18(2)21(26)25-15-9-22(10-16-25)7-13-23(14-8-22)17-20-5-11-24(12-6-20)19(3)4/h18-20H,5-17H2,1-4H3. The van der Waals surface area contributed by atoms with Crippen LogP contribution in [0.1, 0.15) is 66.2 Å². The van der Waals surface area contributed by atoms with E-state index in [1.807, 2.05) is 13.8 Å². The van der Waals surface area contributed by atoms with Gasteiger partial charge in [-0.15, -0.1) is 0 Å². The van der Waals surface area contributed by atoms with Crippen molar-refractivity contribution < 1.29 is 4.79 Å². The quantitative estimate of drug-likeness (QED) is 0.765. The number of carbonyl (C=O) groups is 1. The van der Waals surface area contributed by atoms with Gasteiger partial charge in [0, 0.05) is 31.6 Å². The molecule has 3 aliphatic heterocycles. The molecule has 0 aliphatic carbocycles. The predicted octanol–water partition coefficient (Wildman–Crippen LogP) is 3.47. The molecule has 0 aromatic carbocycles. The number of likely N-dealkylation sites (tertiary alicyclic amines) is 3. The van der Waals surface area contributed by atoms with Crippen molar-refractivity contribution in [2.75, 3.05) is 45.8 Å². The zero-order valence-corrected chi connectivity index (χ0v) is 17.7.